The Morgan fingerprint density at radius 3 is 1.50 bits per heavy atom. The molecule has 32 heavy (non-hydrogen) atoms. The normalized spacial score (nSPS) is 19.5. The van der Waals surface area contributed by atoms with E-state index in [1.807, 2.05) is 58.3 Å². The molecule has 8 heteroatoms. The van der Waals surface area contributed by atoms with Crippen molar-refractivity contribution in [2.75, 3.05) is 26.3 Å². The summed E-state index contributed by atoms with van der Waals surface area (Å²) in [4.78, 5) is 30.1. The van der Waals surface area contributed by atoms with Crippen molar-refractivity contribution in [1.29, 1.82) is 0 Å². The maximum atomic E-state index is 13.1. The van der Waals surface area contributed by atoms with Gasteiger partial charge in [-0.15, -0.1) is 0 Å². The second-order valence-corrected chi connectivity index (χ2v) is 8.33. The Bertz CT molecular complexity index is 864. The van der Waals surface area contributed by atoms with Gasteiger partial charge in [0.15, 0.2) is 0 Å². The fourth-order valence-electron chi connectivity index (χ4n) is 3.99. The van der Waals surface area contributed by atoms with Crippen LogP contribution < -0.4 is 0 Å². The van der Waals surface area contributed by atoms with Crippen molar-refractivity contribution < 1.29 is 19.1 Å². The summed E-state index contributed by atoms with van der Waals surface area (Å²) in [5, 5.41) is 1.22. The van der Waals surface area contributed by atoms with Gasteiger partial charge in [0.1, 0.15) is 12.1 Å². The molecule has 0 aromatic heterocycles. The quantitative estimate of drug-likeness (QED) is 0.530. The molecular formula is C24H28Cl2N2O4. The van der Waals surface area contributed by atoms with Crippen LogP contribution in [0.1, 0.15) is 25.0 Å². The minimum absolute atomic E-state index is 0.218. The van der Waals surface area contributed by atoms with Gasteiger partial charge < -0.3 is 9.47 Å². The third kappa shape index (κ3) is 5.81. The number of carbonyl (C=O) groups is 2. The number of nitrogens with zero attached hydrogens (tertiary/aromatic N) is 2. The molecule has 6 nitrogen and oxygen atoms in total. The van der Waals surface area contributed by atoms with Gasteiger partial charge in [-0.2, -0.15) is 0 Å². The molecule has 0 saturated carbocycles. The number of halogens is 2. The Hall–Kier alpha value is -2.12. The second-order valence-electron chi connectivity index (χ2n) is 7.52. The van der Waals surface area contributed by atoms with E-state index >= 15 is 0 Å². The summed E-state index contributed by atoms with van der Waals surface area (Å²) in [6.07, 6.45) is 0. The molecule has 0 amide bonds. The average Bonchev–Trinajstić information content (AvgIpc) is 2.77. The predicted octanol–water partition coefficient (Wildman–Crippen LogP) is 4.17. The summed E-state index contributed by atoms with van der Waals surface area (Å²) < 4.78 is 10.8. The summed E-state index contributed by atoms with van der Waals surface area (Å²) in [5.74, 6) is -0.914. The lowest BCUT2D eigenvalue weighted by molar-refractivity contribution is -0.169. The van der Waals surface area contributed by atoms with Crippen molar-refractivity contribution in [1.82, 2.24) is 9.80 Å². The van der Waals surface area contributed by atoms with Gasteiger partial charge in [0.05, 0.1) is 13.2 Å². The van der Waals surface area contributed by atoms with Crippen LogP contribution in [0.25, 0.3) is 0 Å². The molecule has 1 saturated heterocycles. The van der Waals surface area contributed by atoms with Crippen LogP contribution in [-0.4, -0.2) is 60.1 Å². The van der Waals surface area contributed by atoms with E-state index in [4.69, 9.17) is 32.7 Å². The molecule has 1 aliphatic rings. The van der Waals surface area contributed by atoms with Gasteiger partial charge in [-0.05, 0) is 37.1 Å². The Morgan fingerprint density at radius 2 is 1.16 bits per heavy atom. The van der Waals surface area contributed by atoms with Crippen LogP contribution >= 0.6 is 23.2 Å². The Morgan fingerprint density at radius 1 is 0.781 bits per heavy atom. The first-order valence-electron chi connectivity index (χ1n) is 10.7. The monoisotopic (exact) mass is 478 g/mol. The Kier molecular flexibility index (Phi) is 8.93. The summed E-state index contributed by atoms with van der Waals surface area (Å²) in [6, 6.07) is 13.3. The third-order valence-corrected chi connectivity index (χ3v) is 6.22. The number of carbonyl (C=O) groups excluding carboxylic acids is 2. The maximum absolute atomic E-state index is 13.1. The van der Waals surface area contributed by atoms with E-state index in [2.05, 4.69) is 0 Å². The van der Waals surface area contributed by atoms with Gasteiger partial charge >= 0.3 is 11.9 Å². The molecule has 0 unspecified atom stereocenters. The van der Waals surface area contributed by atoms with E-state index < -0.39 is 24.0 Å². The van der Waals surface area contributed by atoms with Crippen molar-refractivity contribution in [3.63, 3.8) is 0 Å². The molecule has 0 N–H and O–H groups in total. The van der Waals surface area contributed by atoms with E-state index in [0.717, 1.165) is 11.1 Å². The molecule has 0 bridgehead atoms. The first-order valence-corrected chi connectivity index (χ1v) is 11.5. The standard InChI is InChI=1S/C24H28Cl2N2O4/c1-3-31-23(29)21-22(24(30)32-4-2)28(16-18-10-6-8-12-20(18)26)14-13-27(21)15-17-9-5-7-11-19(17)25/h5-12,21-22H,3-4,13-16H2,1-2H3/t21-,22-/m0/s1. The number of benzene rings is 2. The van der Waals surface area contributed by atoms with Gasteiger partial charge in [-0.1, -0.05) is 59.6 Å². The molecule has 172 valence electrons. The van der Waals surface area contributed by atoms with Gasteiger partial charge in [0.25, 0.3) is 0 Å². The fraction of sp³-hybridized carbons (Fsp3) is 0.417. The Balaban J connectivity index is 1.96. The molecule has 2 atom stereocenters. The fourth-order valence-corrected chi connectivity index (χ4v) is 4.38. The minimum atomic E-state index is -0.832. The number of rotatable bonds is 8. The van der Waals surface area contributed by atoms with Crippen molar-refractivity contribution in [3.05, 3.63) is 69.7 Å². The molecule has 0 aliphatic carbocycles. The smallest absolute Gasteiger partial charge is 0.325 e. The largest absolute Gasteiger partial charge is 0.465 e. The molecule has 2 aromatic carbocycles. The number of hydrogen-bond donors (Lipinski definition) is 0. The highest BCUT2D eigenvalue weighted by molar-refractivity contribution is 6.31. The molecule has 1 heterocycles. The van der Waals surface area contributed by atoms with Crippen LogP contribution in [0.5, 0.6) is 0 Å². The summed E-state index contributed by atoms with van der Waals surface area (Å²) in [6.45, 7) is 5.87. The summed E-state index contributed by atoms with van der Waals surface area (Å²) in [7, 11) is 0. The zero-order valence-electron chi connectivity index (χ0n) is 18.3. The molecule has 0 spiro atoms. The predicted molar refractivity (Wildman–Crippen MR) is 125 cm³/mol. The zero-order valence-corrected chi connectivity index (χ0v) is 19.8. The van der Waals surface area contributed by atoms with Crippen LogP contribution in [0.4, 0.5) is 0 Å². The van der Waals surface area contributed by atoms with Crippen molar-refractivity contribution in [3.8, 4) is 0 Å². The van der Waals surface area contributed by atoms with E-state index in [9.17, 15) is 9.59 Å². The van der Waals surface area contributed by atoms with E-state index in [1.54, 1.807) is 13.8 Å². The number of hydrogen-bond acceptors (Lipinski definition) is 6. The first-order chi connectivity index (χ1) is 15.5. The van der Waals surface area contributed by atoms with E-state index in [1.165, 1.54) is 0 Å². The highest BCUT2D eigenvalue weighted by atomic mass is 35.5. The van der Waals surface area contributed by atoms with Crippen molar-refractivity contribution in [2.45, 2.75) is 39.0 Å². The van der Waals surface area contributed by atoms with Gasteiger partial charge in [0.2, 0.25) is 0 Å². The van der Waals surface area contributed by atoms with E-state index in [-0.39, 0.29) is 13.2 Å². The number of piperazine rings is 1. The molecular weight excluding hydrogens is 451 g/mol. The molecule has 1 fully saturated rings. The maximum Gasteiger partial charge on any atom is 0.325 e. The average molecular weight is 479 g/mol. The van der Waals surface area contributed by atoms with Crippen LogP contribution in [0.3, 0.4) is 0 Å². The topological polar surface area (TPSA) is 59.1 Å². The van der Waals surface area contributed by atoms with Crippen LogP contribution in [0.2, 0.25) is 10.0 Å². The van der Waals surface area contributed by atoms with Crippen molar-refractivity contribution in [2.24, 2.45) is 0 Å². The highest BCUT2D eigenvalue weighted by Crippen LogP contribution is 2.27. The zero-order chi connectivity index (χ0) is 23.1. The molecule has 0 radical (unpaired) electrons. The lowest BCUT2D eigenvalue weighted by atomic mass is 9.99. The third-order valence-electron chi connectivity index (χ3n) is 5.48. The lowest BCUT2D eigenvalue weighted by Gasteiger charge is -2.45. The number of ether oxygens (including phenoxy) is 2. The van der Waals surface area contributed by atoms with E-state index in [0.29, 0.717) is 36.2 Å². The highest BCUT2D eigenvalue weighted by Gasteiger charge is 2.47. The Labute approximate surface area is 199 Å². The molecule has 2 aromatic rings. The summed E-state index contributed by atoms with van der Waals surface area (Å²) in [5.41, 5.74) is 1.76. The van der Waals surface area contributed by atoms with Gasteiger partial charge in [-0.3, -0.25) is 19.4 Å². The number of esters is 2. The second kappa shape index (κ2) is 11.7. The molecule has 1 aliphatic heterocycles. The van der Waals surface area contributed by atoms with Crippen LogP contribution in [0, 0.1) is 0 Å². The van der Waals surface area contributed by atoms with Crippen molar-refractivity contribution >= 4 is 35.1 Å². The van der Waals surface area contributed by atoms with Gasteiger partial charge in [0, 0.05) is 36.2 Å². The first kappa shape index (κ1) is 24.5. The lowest BCUT2D eigenvalue weighted by Crippen LogP contribution is -2.65. The minimum Gasteiger partial charge on any atom is -0.465 e. The summed E-state index contributed by atoms with van der Waals surface area (Å²) >= 11 is 12.7. The van der Waals surface area contributed by atoms with Crippen LogP contribution in [0.15, 0.2) is 48.5 Å². The van der Waals surface area contributed by atoms with Crippen LogP contribution in [-0.2, 0) is 32.2 Å². The SMILES string of the molecule is CCOC(=O)[C@@H]1[C@@H](C(=O)OCC)N(Cc2ccccc2Cl)CCN1Cc1ccccc1Cl. The molecule has 3 rings (SSSR count). The van der Waals surface area contributed by atoms with Gasteiger partial charge in [-0.25, -0.2) is 0 Å².